The third kappa shape index (κ3) is 5.73. The van der Waals surface area contributed by atoms with E-state index in [1.165, 1.54) is 0 Å². The zero-order valence-corrected chi connectivity index (χ0v) is 17.5. The highest BCUT2D eigenvalue weighted by molar-refractivity contribution is 9.10. The van der Waals surface area contributed by atoms with Crippen LogP contribution in [-0.2, 0) is 11.3 Å². The molecule has 0 atom stereocenters. The van der Waals surface area contributed by atoms with E-state index >= 15 is 0 Å². The average Bonchev–Trinajstić information content (AvgIpc) is 2.95. The summed E-state index contributed by atoms with van der Waals surface area (Å²) in [5, 5.41) is 9.36. The van der Waals surface area contributed by atoms with Crippen molar-refractivity contribution in [2.24, 2.45) is 0 Å². The third-order valence-corrected chi connectivity index (χ3v) is 4.22. The maximum absolute atomic E-state index is 11.9. The number of methoxy groups -OCH3 is 1. The maximum atomic E-state index is 11.9. The Balaban J connectivity index is 2.07. The van der Waals surface area contributed by atoms with Crippen molar-refractivity contribution in [3.63, 3.8) is 0 Å². The molecule has 0 aliphatic carbocycles. The standard InChI is InChI=1S/C16H22BrN5O3S/c1-16(2,3)20-14(23)8-25-13-6-11(17)10(5-12(13)24-4)7-19-22-9-18-21-15(22)26/h5-6,9,19H,7-8H2,1-4H3,(H,20,23)(H,21,26). The summed E-state index contributed by atoms with van der Waals surface area (Å²) < 4.78 is 13.9. The second kappa shape index (κ2) is 8.54. The summed E-state index contributed by atoms with van der Waals surface area (Å²) in [6, 6.07) is 3.60. The minimum absolute atomic E-state index is 0.0954. The molecule has 26 heavy (non-hydrogen) atoms. The number of halogens is 1. The normalized spacial score (nSPS) is 11.1. The molecule has 0 unspecified atom stereocenters. The Morgan fingerprint density at radius 3 is 2.69 bits per heavy atom. The number of nitrogens with one attached hydrogen (secondary N) is 3. The Hall–Kier alpha value is -2.07. The van der Waals surface area contributed by atoms with Crippen molar-refractivity contribution >= 4 is 34.1 Å². The molecule has 0 spiro atoms. The molecular formula is C16H22BrN5O3S. The molecule has 2 aromatic rings. The lowest BCUT2D eigenvalue weighted by Crippen LogP contribution is -2.43. The molecule has 1 aromatic carbocycles. The van der Waals surface area contributed by atoms with Crippen molar-refractivity contribution in [2.75, 3.05) is 19.1 Å². The predicted octanol–water partition coefficient (Wildman–Crippen LogP) is 2.75. The van der Waals surface area contributed by atoms with Crippen LogP contribution in [0.25, 0.3) is 0 Å². The smallest absolute Gasteiger partial charge is 0.258 e. The van der Waals surface area contributed by atoms with Crippen LogP contribution in [0.15, 0.2) is 22.9 Å². The number of H-pyrrole nitrogens is 1. The van der Waals surface area contributed by atoms with Crippen molar-refractivity contribution in [3.8, 4) is 11.5 Å². The van der Waals surface area contributed by atoms with Crippen molar-refractivity contribution in [2.45, 2.75) is 32.9 Å². The number of carbonyl (C=O) groups excluding carboxylic acids is 1. The van der Waals surface area contributed by atoms with Gasteiger partial charge in [-0.15, -0.1) is 0 Å². The van der Waals surface area contributed by atoms with Crippen LogP contribution in [0, 0.1) is 4.77 Å². The third-order valence-electron chi connectivity index (χ3n) is 3.20. The summed E-state index contributed by atoms with van der Waals surface area (Å²) in [5.74, 6) is 0.812. The topological polar surface area (TPSA) is 93.2 Å². The second-order valence-corrected chi connectivity index (χ2v) is 7.79. The predicted molar refractivity (Wildman–Crippen MR) is 105 cm³/mol. The SMILES string of the molecule is COc1cc(CNn2cn[nH]c2=S)c(Br)cc1OCC(=O)NC(C)(C)C. The van der Waals surface area contributed by atoms with Gasteiger partial charge in [0.05, 0.1) is 13.7 Å². The van der Waals surface area contributed by atoms with E-state index in [9.17, 15) is 4.79 Å². The first-order valence-corrected chi connectivity index (χ1v) is 9.06. The van der Waals surface area contributed by atoms with Gasteiger partial charge in [0.15, 0.2) is 18.1 Å². The molecule has 1 amide bonds. The largest absolute Gasteiger partial charge is 0.493 e. The van der Waals surface area contributed by atoms with Crippen LogP contribution in [0.5, 0.6) is 11.5 Å². The molecule has 8 nitrogen and oxygen atoms in total. The molecule has 0 radical (unpaired) electrons. The fourth-order valence-corrected chi connectivity index (χ4v) is 2.74. The molecule has 0 bridgehead atoms. The summed E-state index contributed by atoms with van der Waals surface area (Å²) in [6.45, 7) is 6.12. The van der Waals surface area contributed by atoms with Crippen LogP contribution in [0.4, 0.5) is 0 Å². The van der Waals surface area contributed by atoms with E-state index in [4.69, 9.17) is 21.7 Å². The van der Waals surface area contributed by atoms with E-state index in [0.29, 0.717) is 22.8 Å². The van der Waals surface area contributed by atoms with Gasteiger partial charge in [0.2, 0.25) is 4.77 Å². The minimum atomic E-state index is -0.311. The van der Waals surface area contributed by atoms with Crippen molar-refractivity contribution in [1.82, 2.24) is 20.2 Å². The molecule has 0 aliphatic rings. The lowest BCUT2D eigenvalue weighted by Gasteiger charge is -2.21. The first kappa shape index (κ1) is 20.2. The molecule has 10 heteroatoms. The number of amides is 1. The summed E-state index contributed by atoms with van der Waals surface area (Å²) in [5.41, 5.74) is 3.74. The number of hydrogen-bond acceptors (Lipinski definition) is 6. The summed E-state index contributed by atoms with van der Waals surface area (Å²) in [7, 11) is 1.55. The van der Waals surface area contributed by atoms with Crippen molar-refractivity contribution in [3.05, 3.63) is 33.3 Å². The van der Waals surface area contributed by atoms with Gasteiger partial charge >= 0.3 is 0 Å². The zero-order chi connectivity index (χ0) is 19.3. The Kier molecular flexibility index (Phi) is 6.65. The average molecular weight is 444 g/mol. The van der Waals surface area contributed by atoms with Gasteiger partial charge in [-0.25, -0.2) is 4.68 Å². The first-order chi connectivity index (χ1) is 12.2. The lowest BCUT2D eigenvalue weighted by atomic mass is 10.1. The van der Waals surface area contributed by atoms with Gasteiger partial charge in [0.1, 0.15) is 6.33 Å². The Bertz CT molecular complexity index is 828. The number of rotatable bonds is 7. The number of aromatic nitrogens is 3. The molecule has 1 aromatic heterocycles. The molecule has 142 valence electrons. The van der Waals surface area contributed by atoms with E-state index in [2.05, 4.69) is 36.9 Å². The van der Waals surface area contributed by atoms with Gasteiger partial charge in [-0.3, -0.25) is 9.89 Å². The highest BCUT2D eigenvalue weighted by Crippen LogP contribution is 2.33. The van der Waals surface area contributed by atoms with Gasteiger partial charge in [-0.2, -0.15) is 5.10 Å². The molecule has 2 rings (SSSR count). The number of nitrogens with zero attached hydrogens (tertiary/aromatic N) is 2. The van der Waals surface area contributed by atoms with Gasteiger partial charge in [0, 0.05) is 10.0 Å². The van der Waals surface area contributed by atoms with Crippen molar-refractivity contribution in [1.29, 1.82) is 0 Å². The number of hydrogen-bond donors (Lipinski definition) is 3. The van der Waals surface area contributed by atoms with Crippen LogP contribution in [0.3, 0.4) is 0 Å². The summed E-state index contributed by atoms with van der Waals surface area (Å²) in [6.07, 6.45) is 1.55. The van der Waals surface area contributed by atoms with Crippen molar-refractivity contribution < 1.29 is 14.3 Å². The van der Waals surface area contributed by atoms with Crippen LogP contribution in [0.2, 0.25) is 0 Å². The summed E-state index contributed by atoms with van der Waals surface area (Å²) in [4.78, 5) is 11.9. The highest BCUT2D eigenvalue weighted by Gasteiger charge is 2.16. The number of aromatic amines is 1. The molecule has 0 fully saturated rings. The molecule has 0 saturated heterocycles. The van der Waals surface area contributed by atoms with Crippen LogP contribution < -0.4 is 20.2 Å². The fourth-order valence-electron chi connectivity index (χ4n) is 2.11. The van der Waals surface area contributed by atoms with E-state index in [0.717, 1.165) is 10.0 Å². The Labute approximate surface area is 165 Å². The lowest BCUT2D eigenvalue weighted by molar-refractivity contribution is -0.124. The number of ether oxygens (including phenoxy) is 2. The maximum Gasteiger partial charge on any atom is 0.258 e. The zero-order valence-electron chi connectivity index (χ0n) is 15.1. The van der Waals surface area contributed by atoms with E-state index in [1.807, 2.05) is 26.8 Å². The Morgan fingerprint density at radius 2 is 2.12 bits per heavy atom. The number of carbonyl (C=O) groups is 1. The second-order valence-electron chi connectivity index (χ2n) is 6.55. The minimum Gasteiger partial charge on any atom is -0.493 e. The molecule has 0 aliphatic heterocycles. The van der Waals surface area contributed by atoms with E-state index in [-0.39, 0.29) is 18.1 Å². The van der Waals surface area contributed by atoms with Crippen LogP contribution in [-0.4, -0.2) is 40.0 Å². The van der Waals surface area contributed by atoms with Crippen LogP contribution >= 0.6 is 28.1 Å². The molecule has 3 N–H and O–H groups in total. The Morgan fingerprint density at radius 1 is 1.38 bits per heavy atom. The van der Waals surface area contributed by atoms with Gasteiger partial charge in [-0.1, -0.05) is 15.9 Å². The highest BCUT2D eigenvalue weighted by atomic mass is 79.9. The monoisotopic (exact) mass is 443 g/mol. The quantitative estimate of drug-likeness (QED) is 0.569. The fraction of sp³-hybridized carbons (Fsp3) is 0.438. The van der Waals surface area contributed by atoms with E-state index in [1.54, 1.807) is 24.2 Å². The first-order valence-electron chi connectivity index (χ1n) is 7.85. The molecular weight excluding hydrogens is 422 g/mol. The molecule has 1 heterocycles. The molecule has 0 saturated carbocycles. The van der Waals surface area contributed by atoms with Gasteiger partial charge in [-0.05, 0) is 50.7 Å². The van der Waals surface area contributed by atoms with E-state index < -0.39 is 0 Å². The number of benzene rings is 1. The summed E-state index contributed by atoms with van der Waals surface area (Å²) >= 11 is 8.60. The van der Waals surface area contributed by atoms with Gasteiger partial charge < -0.3 is 20.2 Å². The van der Waals surface area contributed by atoms with Crippen LogP contribution in [0.1, 0.15) is 26.3 Å². The van der Waals surface area contributed by atoms with Gasteiger partial charge in [0.25, 0.3) is 5.91 Å².